The smallest absolute Gasteiger partial charge is 0.262 e. The first kappa shape index (κ1) is 19.6. The molecule has 1 aliphatic heterocycles. The number of nitrogens with zero attached hydrogens (tertiary/aromatic N) is 3. The number of aryl methyl sites for hydroxylation is 3. The van der Waals surface area contributed by atoms with E-state index < -0.39 is 5.92 Å². The Bertz CT molecular complexity index is 1140. The number of hydrogen-bond donors (Lipinski definition) is 3. The third kappa shape index (κ3) is 3.51. The normalized spacial score (nSPS) is 16.6. The van der Waals surface area contributed by atoms with E-state index in [0.29, 0.717) is 34.8 Å². The maximum Gasteiger partial charge on any atom is 0.262 e. The van der Waals surface area contributed by atoms with Gasteiger partial charge in [0.2, 0.25) is 11.8 Å². The second-order valence-electron chi connectivity index (χ2n) is 7.31. The lowest BCUT2D eigenvalue weighted by molar-refractivity contribution is -0.134. The zero-order valence-electron chi connectivity index (χ0n) is 16.9. The summed E-state index contributed by atoms with van der Waals surface area (Å²) in [5, 5.41) is 17.3. The van der Waals surface area contributed by atoms with Crippen molar-refractivity contribution in [1.82, 2.24) is 25.3 Å². The molecule has 3 heterocycles. The Labute approximate surface area is 172 Å². The number of fused-ring (bicyclic) bond motifs is 1. The number of ether oxygens (including phenoxy) is 1. The number of aromatic nitrogens is 4. The van der Waals surface area contributed by atoms with Gasteiger partial charge in [0, 0.05) is 18.9 Å². The maximum absolute atomic E-state index is 12.4. The number of benzene rings is 1. The molecule has 3 aromatic rings. The van der Waals surface area contributed by atoms with Crippen LogP contribution in [0.25, 0.3) is 10.9 Å². The molecule has 1 fully saturated rings. The molecule has 1 aliphatic rings. The lowest BCUT2D eigenvalue weighted by Gasteiger charge is -2.19. The van der Waals surface area contributed by atoms with Gasteiger partial charge in [0.25, 0.3) is 5.91 Å². The molecule has 3 N–H and O–H groups in total. The van der Waals surface area contributed by atoms with Crippen LogP contribution in [0.15, 0.2) is 18.2 Å². The summed E-state index contributed by atoms with van der Waals surface area (Å²) in [6.45, 7) is 3.43. The minimum atomic E-state index is -0.503. The van der Waals surface area contributed by atoms with E-state index in [1.54, 1.807) is 30.8 Å². The molecule has 3 amide bonds. The number of rotatable bonds is 5. The lowest BCUT2D eigenvalue weighted by atomic mass is 9.93. The van der Waals surface area contributed by atoms with Gasteiger partial charge in [0.15, 0.2) is 6.61 Å². The first-order valence-corrected chi connectivity index (χ1v) is 9.58. The van der Waals surface area contributed by atoms with Gasteiger partial charge in [-0.2, -0.15) is 10.2 Å². The highest BCUT2D eigenvalue weighted by Crippen LogP contribution is 2.34. The van der Waals surface area contributed by atoms with Crippen molar-refractivity contribution < 1.29 is 19.1 Å². The van der Waals surface area contributed by atoms with Crippen LogP contribution in [0.2, 0.25) is 0 Å². The van der Waals surface area contributed by atoms with Crippen LogP contribution in [0.4, 0.5) is 5.69 Å². The van der Waals surface area contributed by atoms with Crippen LogP contribution >= 0.6 is 0 Å². The van der Waals surface area contributed by atoms with Crippen molar-refractivity contribution in [3.05, 3.63) is 35.3 Å². The lowest BCUT2D eigenvalue weighted by Crippen LogP contribution is -2.39. The van der Waals surface area contributed by atoms with E-state index in [9.17, 15) is 14.4 Å². The van der Waals surface area contributed by atoms with Gasteiger partial charge in [-0.3, -0.25) is 29.5 Å². The molecule has 1 saturated heterocycles. The minimum absolute atomic E-state index is 0.192. The second-order valence-corrected chi connectivity index (χ2v) is 7.31. The van der Waals surface area contributed by atoms with Crippen molar-refractivity contribution in [1.29, 1.82) is 0 Å². The monoisotopic (exact) mass is 410 g/mol. The molecule has 1 atom stereocenters. The van der Waals surface area contributed by atoms with Crippen LogP contribution in [0.1, 0.15) is 35.8 Å². The summed E-state index contributed by atoms with van der Waals surface area (Å²) in [6.07, 6.45) is 0.686. The Hall–Kier alpha value is -3.69. The highest BCUT2D eigenvalue weighted by molar-refractivity contribution is 6.03. The van der Waals surface area contributed by atoms with Gasteiger partial charge >= 0.3 is 0 Å². The van der Waals surface area contributed by atoms with Crippen LogP contribution in [-0.4, -0.2) is 44.3 Å². The van der Waals surface area contributed by atoms with Gasteiger partial charge in [-0.1, -0.05) is 12.1 Å². The van der Waals surface area contributed by atoms with E-state index in [1.807, 2.05) is 13.0 Å². The molecule has 2 aromatic heterocycles. The first-order valence-electron chi connectivity index (χ1n) is 9.58. The molecular formula is C20H22N6O4. The Kier molecular flexibility index (Phi) is 4.98. The number of imide groups is 1. The molecule has 0 radical (unpaired) electrons. The van der Waals surface area contributed by atoms with Crippen LogP contribution in [-0.2, 0) is 21.4 Å². The van der Waals surface area contributed by atoms with Crippen molar-refractivity contribution in [2.45, 2.75) is 32.6 Å². The third-order valence-electron chi connectivity index (χ3n) is 5.18. The summed E-state index contributed by atoms with van der Waals surface area (Å²) in [4.78, 5) is 36.1. The molecule has 1 unspecified atom stereocenters. The summed E-state index contributed by atoms with van der Waals surface area (Å²) in [5.74, 6) is -0.946. The van der Waals surface area contributed by atoms with Crippen molar-refractivity contribution in [3.63, 3.8) is 0 Å². The molecule has 156 valence electrons. The number of hydrogen-bond acceptors (Lipinski definition) is 6. The average Bonchev–Trinajstić information content (AvgIpc) is 3.21. The third-order valence-corrected chi connectivity index (χ3v) is 5.18. The van der Waals surface area contributed by atoms with E-state index in [4.69, 9.17) is 4.74 Å². The summed E-state index contributed by atoms with van der Waals surface area (Å²) >= 11 is 0. The number of anilines is 1. The van der Waals surface area contributed by atoms with E-state index in [1.165, 1.54) is 0 Å². The summed E-state index contributed by atoms with van der Waals surface area (Å²) in [6, 6.07) is 5.39. The van der Waals surface area contributed by atoms with Crippen LogP contribution < -0.4 is 15.4 Å². The molecule has 1 aromatic carbocycles. The van der Waals surface area contributed by atoms with E-state index >= 15 is 0 Å². The topological polar surface area (TPSA) is 131 Å². The van der Waals surface area contributed by atoms with Crippen LogP contribution in [0.3, 0.4) is 0 Å². The summed E-state index contributed by atoms with van der Waals surface area (Å²) < 4.78 is 7.41. The Balaban J connectivity index is 1.55. The molecule has 0 spiro atoms. The number of amides is 3. The number of para-hydroxylation sites is 1. The number of piperidine rings is 1. The minimum Gasteiger partial charge on any atom is -0.481 e. The van der Waals surface area contributed by atoms with Gasteiger partial charge in [0.05, 0.1) is 28.7 Å². The average molecular weight is 410 g/mol. The molecule has 0 saturated carbocycles. The summed E-state index contributed by atoms with van der Waals surface area (Å²) in [5.41, 5.74) is 3.38. The zero-order chi connectivity index (χ0) is 21.4. The Morgan fingerprint density at radius 3 is 2.83 bits per heavy atom. The molecule has 30 heavy (non-hydrogen) atoms. The fourth-order valence-electron chi connectivity index (χ4n) is 3.71. The Morgan fingerprint density at radius 2 is 2.13 bits per heavy atom. The van der Waals surface area contributed by atoms with Crippen molar-refractivity contribution in [3.8, 4) is 5.75 Å². The maximum atomic E-state index is 12.4. The van der Waals surface area contributed by atoms with E-state index in [-0.39, 0.29) is 30.7 Å². The van der Waals surface area contributed by atoms with Crippen LogP contribution in [0.5, 0.6) is 5.75 Å². The first-order chi connectivity index (χ1) is 14.3. The van der Waals surface area contributed by atoms with Gasteiger partial charge in [0.1, 0.15) is 11.3 Å². The van der Waals surface area contributed by atoms with Crippen molar-refractivity contribution in [2.24, 2.45) is 7.05 Å². The fourth-order valence-corrected chi connectivity index (χ4v) is 3.71. The quantitative estimate of drug-likeness (QED) is 0.546. The van der Waals surface area contributed by atoms with E-state index in [2.05, 4.69) is 25.9 Å². The zero-order valence-corrected chi connectivity index (χ0v) is 16.9. The predicted molar refractivity (Wildman–Crippen MR) is 108 cm³/mol. The highest BCUT2D eigenvalue weighted by Gasteiger charge is 2.32. The molecule has 10 nitrogen and oxygen atoms in total. The van der Waals surface area contributed by atoms with Gasteiger partial charge in [-0.05, 0) is 26.3 Å². The van der Waals surface area contributed by atoms with E-state index in [0.717, 1.165) is 11.1 Å². The molecular weight excluding hydrogens is 388 g/mol. The number of carbonyl (C=O) groups excluding carboxylic acids is 3. The summed E-state index contributed by atoms with van der Waals surface area (Å²) in [7, 11) is 1.75. The fraction of sp³-hybridized carbons (Fsp3) is 0.350. The van der Waals surface area contributed by atoms with Gasteiger partial charge < -0.3 is 10.1 Å². The second kappa shape index (κ2) is 7.62. The predicted octanol–water partition coefficient (Wildman–Crippen LogP) is 1.45. The number of carbonyl (C=O) groups is 3. The van der Waals surface area contributed by atoms with Crippen molar-refractivity contribution >= 4 is 34.3 Å². The number of H-pyrrole nitrogens is 1. The van der Waals surface area contributed by atoms with Crippen LogP contribution in [0, 0.1) is 13.8 Å². The van der Waals surface area contributed by atoms with Crippen molar-refractivity contribution in [2.75, 3.05) is 11.9 Å². The standard InChI is InChI=1S/C20H22N6O4/c1-10-17(11(2)24-23-10)21-16(28)9-30-14-6-4-5-12-18(25-26(3)19(12)14)13-7-8-15(27)22-20(13)29/h4-6,13H,7-9H2,1-3H3,(H,21,28)(H,23,24)(H,22,27,29). The molecule has 0 bridgehead atoms. The molecule has 0 aliphatic carbocycles. The van der Waals surface area contributed by atoms with Gasteiger partial charge in [-0.25, -0.2) is 0 Å². The Morgan fingerprint density at radius 1 is 1.33 bits per heavy atom. The van der Waals surface area contributed by atoms with Gasteiger partial charge in [-0.15, -0.1) is 0 Å². The number of nitrogens with one attached hydrogen (secondary N) is 3. The largest absolute Gasteiger partial charge is 0.481 e. The molecule has 4 rings (SSSR count). The SMILES string of the molecule is Cc1n[nH]c(C)c1NC(=O)COc1cccc2c(C3CCC(=O)NC3=O)nn(C)c12. The number of aromatic amines is 1. The highest BCUT2D eigenvalue weighted by atomic mass is 16.5. The molecule has 10 heteroatoms.